The molecule has 3 amide bonds. The van der Waals surface area contributed by atoms with Crippen LogP contribution in [-0.4, -0.2) is 70.4 Å². The molecule has 2 heterocycles. The third-order valence-corrected chi connectivity index (χ3v) is 8.98. The Morgan fingerprint density at radius 3 is 2.53 bits per heavy atom. The van der Waals surface area contributed by atoms with Gasteiger partial charge in [0.15, 0.2) is 5.60 Å². The molecule has 2 aromatic carbocycles. The van der Waals surface area contributed by atoms with Crippen molar-refractivity contribution >= 4 is 23.9 Å². The monoisotopic (exact) mass is 620 g/mol. The average molecular weight is 621 g/mol. The number of aliphatic imine (C=N–C) groups is 1. The molecule has 0 unspecified atom stereocenters. The Balaban J connectivity index is 1.55. The van der Waals surface area contributed by atoms with Crippen LogP contribution in [0, 0.1) is 0 Å². The number of hydrogen-bond acceptors (Lipinski definition) is 7. The highest BCUT2D eigenvalue weighted by Crippen LogP contribution is 2.49. The van der Waals surface area contributed by atoms with Gasteiger partial charge in [0, 0.05) is 30.2 Å². The van der Waals surface area contributed by atoms with Crippen LogP contribution in [0.3, 0.4) is 0 Å². The van der Waals surface area contributed by atoms with E-state index in [1.807, 2.05) is 45.0 Å². The van der Waals surface area contributed by atoms with E-state index in [1.54, 1.807) is 46.1 Å². The first-order chi connectivity index (χ1) is 21.2. The molecule has 3 N–H and O–H groups in total. The summed E-state index contributed by atoms with van der Waals surface area (Å²) in [4.78, 5) is 46.5. The largest absolute Gasteiger partial charge is 0.482 e. The summed E-state index contributed by atoms with van der Waals surface area (Å²) in [6, 6.07) is 11.4. The maximum absolute atomic E-state index is 14.1. The lowest BCUT2D eigenvalue weighted by molar-refractivity contribution is -0.137. The molecule has 11 heteroatoms. The van der Waals surface area contributed by atoms with Gasteiger partial charge in [-0.1, -0.05) is 38.1 Å². The lowest BCUT2D eigenvalue weighted by Crippen LogP contribution is -2.65. The van der Waals surface area contributed by atoms with E-state index in [-0.39, 0.29) is 30.8 Å². The highest BCUT2D eigenvalue weighted by atomic mass is 16.6. The van der Waals surface area contributed by atoms with Crippen molar-refractivity contribution in [1.29, 1.82) is 0 Å². The average Bonchev–Trinajstić information content (AvgIpc) is 3.43. The molecule has 0 spiro atoms. The van der Waals surface area contributed by atoms with Crippen molar-refractivity contribution in [3.05, 3.63) is 64.7 Å². The van der Waals surface area contributed by atoms with Gasteiger partial charge in [-0.2, -0.15) is 0 Å². The zero-order valence-electron chi connectivity index (χ0n) is 27.1. The van der Waals surface area contributed by atoms with Crippen molar-refractivity contribution in [2.75, 3.05) is 13.7 Å². The summed E-state index contributed by atoms with van der Waals surface area (Å²) in [5.41, 5.74) is 0.307. The number of nitrogens with one attached hydrogen (secondary N) is 2. The Bertz CT molecular complexity index is 1510. The van der Waals surface area contributed by atoms with Crippen LogP contribution in [0.2, 0.25) is 0 Å². The quantitative estimate of drug-likeness (QED) is 0.409. The SMILES string of the molecule is CCC1(CC)CC(=O)N([C@H]2c3cc(C(=O)N[C@@H]4c5ccccc5C[C@H]4O)ccc3O[C@@]2(C)COC)/C(=N/C(=O)OC(C)(C)C)N1. The molecule has 0 bridgehead atoms. The van der Waals surface area contributed by atoms with Gasteiger partial charge in [0.1, 0.15) is 17.4 Å². The lowest BCUT2D eigenvalue weighted by atomic mass is 9.84. The number of hydrogen-bond donors (Lipinski definition) is 3. The summed E-state index contributed by atoms with van der Waals surface area (Å²) in [5.74, 6) is -0.0773. The summed E-state index contributed by atoms with van der Waals surface area (Å²) < 4.78 is 17.5. The second-order valence-electron chi connectivity index (χ2n) is 13.4. The number of aliphatic hydroxyl groups excluding tert-OH is 1. The first-order valence-corrected chi connectivity index (χ1v) is 15.5. The van der Waals surface area contributed by atoms with Crippen LogP contribution >= 0.6 is 0 Å². The fraction of sp³-hybridized carbons (Fsp3) is 0.529. The normalized spacial score (nSPS) is 26.1. The Morgan fingerprint density at radius 1 is 1.16 bits per heavy atom. The minimum atomic E-state index is -1.09. The highest BCUT2D eigenvalue weighted by Gasteiger charge is 2.54. The van der Waals surface area contributed by atoms with Crippen LogP contribution in [0.1, 0.15) is 99.9 Å². The third-order valence-electron chi connectivity index (χ3n) is 8.98. The van der Waals surface area contributed by atoms with Crippen LogP contribution in [0.25, 0.3) is 0 Å². The van der Waals surface area contributed by atoms with Crippen LogP contribution in [0.4, 0.5) is 4.79 Å². The van der Waals surface area contributed by atoms with Gasteiger partial charge in [0.05, 0.1) is 25.2 Å². The number of carbonyl (C=O) groups is 3. The first kappa shape index (κ1) is 32.4. The predicted octanol–water partition coefficient (Wildman–Crippen LogP) is 4.59. The molecule has 11 nitrogen and oxygen atoms in total. The van der Waals surface area contributed by atoms with Crippen molar-refractivity contribution < 1.29 is 33.7 Å². The van der Waals surface area contributed by atoms with Crippen molar-refractivity contribution in [3.63, 3.8) is 0 Å². The van der Waals surface area contributed by atoms with Gasteiger partial charge in [0.25, 0.3) is 5.91 Å². The predicted molar refractivity (Wildman–Crippen MR) is 168 cm³/mol. The fourth-order valence-electron chi connectivity index (χ4n) is 6.64. The van der Waals surface area contributed by atoms with Crippen LogP contribution in [-0.2, 0) is 20.7 Å². The number of benzene rings is 2. The number of amides is 3. The Labute approximate surface area is 264 Å². The molecule has 242 valence electrons. The number of methoxy groups -OCH3 is 1. The highest BCUT2D eigenvalue weighted by molar-refractivity contribution is 6.04. The molecule has 1 saturated heterocycles. The Hall–Kier alpha value is -3.96. The molecule has 1 aliphatic carbocycles. The van der Waals surface area contributed by atoms with Gasteiger partial charge in [0.2, 0.25) is 11.9 Å². The third kappa shape index (κ3) is 6.28. The molecule has 0 radical (unpaired) electrons. The second-order valence-corrected chi connectivity index (χ2v) is 13.4. The number of nitrogens with zero attached hydrogens (tertiary/aromatic N) is 2. The summed E-state index contributed by atoms with van der Waals surface area (Å²) in [6.07, 6.45) is 0.303. The number of rotatable bonds is 7. The molecule has 5 rings (SSSR count). The van der Waals surface area contributed by atoms with E-state index in [0.717, 1.165) is 11.1 Å². The smallest absolute Gasteiger partial charge is 0.437 e. The summed E-state index contributed by atoms with van der Waals surface area (Å²) in [5, 5.41) is 17.1. The Kier molecular flexibility index (Phi) is 8.72. The summed E-state index contributed by atoms with van der Waals surface area (Å²) in [7, 11) is 1.55. The van der Waals surface area contributed by atoms with Crippen LogP contribution < -0.4 is 15.4 Å². The summed E-state index contributed by atoms with van der Waals surface area (Å²) in [6.45, 7) is 11.1. The second kappa shape index (κ2) is 12.1. The van der Waals surface area contributed by atoms with Gasteiger partial charge in [-0.15, -0.1) is 4.99 Å². The van der Waals surface area contributed by atoms with E-state index in [0.29, 0.717) is 36.1 Å². The van der Waals surface area contributed by atoms with Gasteiger partial charge >= 0.3 is 6.09 Å². The fourth-order valence-corrected chi connectivity index (χ4v) is 6.64. The lowest BCUT2D eigenvalue weighted by Gasteiger charge is -2.46. The van der Waals surface area contributed by atoms with Crippen molar-refractivity contribution in [1.82, 2.24) is 15.5 Å². The minimum absolute atomic E-state index is 0.0634. The zero-order valence-corrected chi connectivity index (χ0v) is 27.1. The molecule has 0 aromatic heterocycles. The maximum atomic E-state index is 14.1. The number of fused-ring (bicyclic) bond motifs is 2. The molecule has 1 fully saturated rings. The molecule has 2 aliphatic heterocycles. The van der Waals surface area contributed by atoms with Crippen LogP contribution in [0.15, 0.2) is 47.5 Å². The number of carbonyl (C=O) groups excluding carboxylic acids is 3. The van der Waals surface area contributed by atoms with E-state index in [1.165, 1.54) is 4.90 Å². The standard InChI is InChI=1S/C34H44N4O7/c1-8-34(9-2)18-26(40)38(30(37-34)36-31(42)45-32(3,4)5)28-23-16-21(14-15-25(23)44-33(28,6)19-43-7)29(41)35-27-22-13-11-10-12-20(22)17-24(27)39/h10-16,24,27-28,39H,8-9,17-19H2,1-7H3,(H,35,41)(H,36,37,42)/t24-,27-,28+,33+/m1/s1. The zero-order chi connectivity index (χ0) is 32.7. The van der Waals surface area contributed by atoms with Crippen molar-refractivity contribution in [2.45, 2.75) is 102 Å². The number of aliphatic hydroxyl groups is 1. The van der Waals surface area contributed by atoms with Gasteiger partial charge in [-0.05, 0) is 69.9 Å². The molecular weight excluding hydrogens is 576 g/mol. The Morgan fingerprint density at radius 2 is 1.87 bits per heavy atom. The minimum Gasteiger partial charge on any atom is -0.482 e. The van der Waals surface area contributed by atoms with Gasteiger partial charge in [-0.3, -0.25) is 14.5 Å². The molecular formula is C34H44N4O7. The van der Waals surface area contributed by atoms with E-state index < -0.39 is 41.0 Å². The first-order valence-electron chi connectivity index (χ1n) is 15.5. The molecule has 2 aromatic rings. The molecule has 3 aliphatic rings. The van der Waals surface area contributed by atoms with Crippen molar-refractivity contribution in [2.24, 2.45) is 4.99 Å². The van der Waals surface area contributed by atoms with Gasteiger partial charge in [-0.25, -0.2) is 4.79 Å². The van der Waals surface area contributed by atoms with Crippen molar-refractivity contribution in [3.8, 4) is 5.75 Å². The number of guanidine groups is 1. The molecule has 4 atom stereocenters. The summed E-state index contributed by atoms with van der Waals surface area (Å²) >= 11 is 0. The van der Waals surface area contributed by atoms with E-state index in [2.05, 4.69) is 15.6 Å². The number of ether oxygens (including phenoxy) is 3. The van der Waals surface area contributed by atoms with E-state index in [9.17, 15) is 19.5 Å². The maximum Gasteiger partial charge on any atom is 0.437 e. The van der Waals surface area contributed by atoms with E-state index in [4.69, 9.17) is 14.2 Å². The molecule has 0 saturated carbocycles. The molecule has 45 heavy (non-hydrogen) atoms. The van der Waals surface area contributed by atoms with Gasteiger partial charge < -0.3 is 30.0 Å². The van der Waals surface area contributed by atoms with Crippen LogP contribution in [0.5, 0.6) is 5.75 Å². The topological polar surface area (TPSA) is 139 Å². The van der Waals surface area contributed by atoms with E-state index >= 15 is 0 Å².